The fourth-order valence-corrected chi connectivity index (χ4v) is 4.15. The zero-order valence-electron chi connectivity index (χ0n) is 19.6. The molecule has 9 heteroatoms. The van der Waals surface area contributed by atoms with Gasteiger partial charge in [0, 0.05) is 58.2 Å². The van der Waals surface area contributed by atoms with E-state index < -0.39 is 0 Å². The summed E-state index contributed by atoms with van der Waals surface area (Å²) in [4.78, 5) is 33.1. The van der Waals surface area contributed by atoms with Gasteiger partial charge >= 0.3 is 0 Å². The maximum Gasteiger partial charge on any atom is 0.226 e. The van der Waals surface area contributed by atoms with E-state index in [0.717, 1.165) is 55.6 Å². The van der Waals surface area contributed by atoms with E-state index >= 15 is 0 Å². The predicted octanol–water partition coefficient (Wildman–Crippen LogP) is 5.22. The van der Waals surface area contributed by atoms with Gasteiger partial charge in [-0.15, -0.1) is 0 Å². The van der Waals surface area contributed by atoms with Crippen LogP contribution in [0.2, 0.25) is 0 Å². The summed E-state index contributed by atoms with van der Waals surface area (Å²) in [6.07, 6.45) is 12.4. The lowest BCUT2D eigenvalue weighted by Gasteiger charge is -2.08. The molecule has 0 spiro atoms. The highest BCUT2D eigenvalue weighted by molar-refractivity contribution is 6.01. The lowest BCUT2D eigenvalue weighted by atomic mass is 10.1. The number of rotatable bonds is 5. The summed E-state index contributed by atoms with van der Waals surface area (Å²) in [7, 11) is 0. The fraction of sp³-hybridized carbons (Fsp3) is 0.111. The van der Waals surface area contributed by atoms with Crippen LogP contribution in [0.15, 0.2) is 73.7 Å². The van der Waals surface area contributed by atoms with Gasteiger partial charge in [-0.25, -0.2) is 0 Å². The Labute approximate surface area is 206 Å². The second kappa shape index (κ2) is 8.70. The van der Waals surface area contributed by atoms with Gasteiger partial charge in [0.15, 0.2) is 0 Å². The van der Waals surface area contributed by atoms with Crippen LogP contribution in [0.5, 0.6) is 0 Å². The summed E-state index contributed by atoms with van der Waals surface area (Å²) in [5, 5.41) is 12.5. The zero-order valence-corrected chi connectivity index (χ0v) is 19.6. The second-order valence-electron chi connectivity index (χ2n) is 8.87. The van der Waals surface area contributed by atoms with Crippen LogP contribution >= 0.6 is 0 Å². The number of nitrogens with one attached hydrogen (secondary N) is 3. The number of carbonyl (C=O) groups excluding carboxylic acids is 1. The van der Waals surface area contributed by atoms with Crippen LogP contribution in [0.1, 0.15) is 13.8 Å². The molecule has 0 saturated carbocycles. The molecule has 0 atom stereocenters. The molecule has 0 bridgehead atoms. The van der Waals surface area contributed by atoms with Gasteiger partial charge in [-0.2, -0.15) is 5.10 Å². The third-order valence-electron chi connectivity index (χ3n) is 6.05. The number of aromatic nitrogens is 7. The molecule has 0 saturated heterocycles. The quantitative estimate of drug-likeness (QED) is 0.315. The molecular weight excluding hydrogens is 452 g/mol. The molecule has 6 aromatic heterocycles. The first-order chi connectivity index (χ1) is 17.6. The Morgan fingerprint density at radius 1 is 0.889 bits per heavy atom. The SMILES string of the molecule is CC(C)C(=O)Nc1cncc(-c2cc3c(-c4cc5c(-c6cccnc6)cncc5[nH]4)n[nH]c3cn2)c1. The van der Waals surface area contributed by atoms with Gasteiger partial charge < -0.3 is 10.3 Å². The van der Waals surface area contributed by atoms with Crippen molar-refractivity contribution < 1.29 is 4.79 Å². The molecular formula is C27H22N8O. The standard InChI is InChI=1S/C27H22N8O/c1-15(2)27(36)32-18-6-17(10-29-11-18)22-8-20-25(14-31-22)34-35-26(20)23-7-19-21(12-30-13-24(19)33-23)16-4-3-5-28-9-16/h3-15,33H,1-2H3,(H,32,36)(H,34,35). The second-order valence-corrected chi connectivity index (χ2v) is 8.87. The average molecular weight is 475 g/mol. The first-order valence-corrected chi connectivity index (χ1v) is 11.5. The molecule has 6 rings (SSSR count). The molecule has 0 aliphatic heterocycles. The van der Waals surface area contributed by atoms with Crippen LogP contribution in [0.25, 0.3) is 55.6 Å². The van der Waals surface area contributed by atoms with Crippen molar-refractivity contribution in [3.8, 4) is 33.8 Å². The molecule has 0 aliphatic rings. The van der Waals surface area contributed by atoms with Crippen LogP contribution in [0.3, 0.4) is 0 Å². The minimum absolute atomic E-state index is 0.0616. The smallest absolute Gasteiger partial charge is 0.226 e. The zero-order chi connectivity index (χ0) is 24.6. The molecule has 6 aromatic rings. The van der Waals surface area contributed by atoms with Crippen molar-refractivity contribution >= 4 is 33.4 Å². The summed E-state index contributed by atoms with van der Waals surface area (Å²) in [6, 6.07) is 9.86. The van der Waals surface area contributed by atoms with Crippen LogP contribution in [0.4, 0.5) is 5.69 Å². The highest BCUT2D eigenvalue weighted by atomic mass is 16.1. The first kappa shape index (κ1) is 21.6. The number of hydrogen-bond acceptors (Lipinski definition) is 6. The molecule has 176 valence electrons. The maximum atomic E-state index is 12.1. The summed E-state index contributed by atoms with van der Waals surface area (Å²) in [5.74, 6) is -0.185. The monoisotopic (exact) mass is 474 g/mol. The Morgan fingerprint density at radius 2 is 1.75 bits per heavy atom. The summed E-state index contributed by atoms with van der Waals surface area (Å²) >= 11 is 0. The number of fused-ring (bicyclic) bond motifs is 2. The van der Waals surface area contributed by atoms with Crippen molar-refractivity contribution in [2.75, 3.05) is 5.32 Å². The Morgan fingerprint density at radius 3 is 2.58 bits per heavy atom. The normalized spacial score (nSPS) is 11.4. The van der Waals surface area contributed by atoms with Crippen molar-refractivity contribution in [2.45, 2.75) is 13.8 Å². The minimum atomic E-state index is -0.123. The number of H-pyrrole nitrogens is 2. The summed E-state index contributed by atoms with van der Waals surface area (Å²) in [5.41, 5.74) is 7.52. The van der Waals surface area contributed by atoms with Gasteiger partial charge in [-0.05, 0) is 24.3 Å². The molecule has 1 amide bonds. The molecule has 0 unspecified atom stereocenters. The number of carbonyl (C=O) groups is 1. The van der Waals surface area contributed by atoms with E-state index in [0.29, 0.717) is 5.69 Å². The highest BCUT2D eigenvalue weighted by Gasteiger charge is 2.16. The molecule has 0 fully saturated rings. The van der Waals surface area contributed by atoms with Gasteiger partial charge in [0.1, 0.15) is 5.69 Å². The lowest BCUT2D eigenvalue weighted by molar-refractivity contribution is -0.118. The van der Waals surface area contributed by atoms with Crippen molar-refractivity contribution in [3.63, 3.8) is 0 Å². The van der Waals surface area contributed by atoms with Crippen molar-refractivity contribution in [1.29, 1.82) is 0 Å². The molecule has 0 aliphatic carbocycles. The molecule has 0 radical (unpaired) electrons. The van der Waals surface area contributed by atoms with E-state index in [1.807, 2.05) is 56.7 Å². The number of hydrogen-bond donors (Lipinski definition) is 3. The largest absolute Gasteiger partial charge is 0.352 e. The van der Waals surface area contributed by atoms with Crippen LogP contribution < -0.4 is 5.32 Å². The van der Waals surface area contributed by atoms with Gasteiger partial charge in [0.25, 0.3) is 0 Å². The van der Waals surface area contributed by atoms with Crippen molar-refractivity contribution in [2.24, 2.45) is 5.92 Å². The molecule has 0 aromatic carbocycles. The van der Waals surface area contributed by atoms with Crippen molar-refractivity contribution in [3.05, 3.63) is 73.7 Å². The van der Waals surface area contributed by atoms with E-state index in [9.17, 15) is 4.79 Å². The summed E-state index contributed by atoms with van der Waals surface area (Å²) < 4.78 is 0. The number of amides is 1. The van der Waals surface area contributed by atoms with Crippen LogP contribution in [-0.4, -0.2) is 41.0 Å². The van der Waals surface area contributed by atoms with E-state index in [4.69, 9.17) is 0 Å². The predicted molar refractivity (Wildman–Crippen MR) is 139 cm³/mol. The Balaban J connectivity index is 1.41. The minimum Gasteiger partial charge on any atom is -0.352 e. The van der Waals surface area contributed by atoms with Crippen LogP contribution in [0, 0.1) is 5.92 Å². The van der Waals surface area contributed by atoms with E-state index in [1.54, 1.807) is 24.8 Å². The number of nitrogens with zero attached hydrogens (tertiary/aromatic N) is 5. The molecule has 36 heavy (non-hydrogen) atoms. The topological polar surface area (TPSA) is 125 Å². The Kier molecular flexibility index (Phi) is 5.22. The van der Waals surface area contributed by atoms with Crippen LogP contribution in [-0.2, 0) is 4.79 Å². The van der Waals surface area contributed by atoms with Gasteiger partial charge in [0.05, 0.1) is 46.7 Å². The van der Waals surface area contributed by atoms with E-state index in [1.165, 1.54) is 0 Å². The van der Waals surface area contributed by atoms with Gasteiger partial charge in [-0.1, -0.05) is 19.9 Å². The third kappa shape index (κ3) is 3.86. The lowest BCUT2D eigenvalue weighted by Crippen LogP contribution is -2.17. The maximum absolute atomic E-state index is 12.1. The van der Waals surface area contributed by atoms with E-state index in [-0.39, 0.29) is 11.8 Å². The fourth-order valence-electron chi connectivity index (χ4n) is 4.15. The number of pyridine rings is 4. The molecule has 6 heterocycles. The number of aromatic amines is 2. The Hall–Kier alpha value is -4.92. The van der Waals surface area contributed by atoms with Crippen molar-refractivity contribution in [1.82, 2.24) is 35.1 Å². The van der Waals surface area contributed by atoms with Gasteiger partial charge in [-0.3, -0.25) is 29.8 Å². The first-order valence-electron chi connectivity index (χ1n) is 11.5. The van der Waals surface area contributed by atoms with Gasteiger partial charge in [0.2, 0.25) is 5.91 Å². The highest BCUT2D eigenvalue weighted by Crippen LogP contribution is 2.34. The number of anilines is 1. The third-order valence-corrected chi connectivity index (χ3v) is 6.05. The molecule has 3 N–H and O–H groups in total. The van der Waals surface area contributed by atoms with E-state index in [2.05, 4.69) is 46.5 Å². The Bertz CT molecular complexity index is 1720. The molecule has 9 nitrogen and oxygen atoms in total. The summed E-state index contributed by atoms with van der Waals surface area (Å²) in [6.45, 7) is 3.70. The average Bonchev–Trinajstić information content (AvgIpc) is 3.53.